The largest absolute Gasteiger partial charge is 0.494 e. The Kier molecular flexibility index (Phi) is 7.21. The van der Waals surface area contributed by atoms with Gasteiger partial charge in [0.2, 0.25) is 5.91 Å². The molecular weight excluding hydrogens is 465 g/mol. The molecule has 6 nitrogen and oxygen atoms in total. The number of halogens is 1. The van der Waals surface area contributed by atoms with Crippen molar-refractivity contribution in [3.63, 3.8) is 0 Å². The summed E-state index contributed by atoms with van der Waals surface area (Å²) < 4.78 is 20.6. The first-order valence-corrected chi connectivity index (χ1v) is 12.1. The van der Waals surface area contributed by atoms with Gasteiger partial charge in [-0.3, -0.25) is 14.2 Å². The summed E-state index contributed by atoms with van der Waals surface area (Å²) in [4.78, 5) is 32.7. The van der Waals surface area contributed by atoms with E-state index < -0.39 is 5.82 Å². The highest BCUT2D eigenvalue weighted by atomic mass is 32.2. The predicted octanol–water partition coefficient (Wildman–Crippen LogP) is 4.90. The maximum absolute atomic E-state index is 14.0. The summed E-state index contributed by atoms with van der Waals surface area (Å²) in [7, 11) is 3.07. The number of aromatic nitrogens is 2. The minimum absolute atomic E-state index is 0.0743. The number of hydrogen-bond acceptors (Lipinski definition) is 5. The number of fused-ring (bicyclic) bond motifs is 1. The van der Waals surface area contributed by atoms with Crippen LogP contribution in [0.15, 0.2) is 70.6 Å². The topological polar surface area (TPSA) is 64.4 Å². The molecule has 0 N–H and O–H groups in total. The van der Waals surface area contributed by atoms with E-state index in [1.807, 2.05) is 44.2 Å². The van der Waals surface area contributed by atoms with Gasteiger partial charge in [0.15, 0.2) is 16.7 Å². The fraction of sp³-hybridized carbons (Fsp3) is 0.222. The second-order valence-electron chi connectivity index (χ2n) is 8.30. The van der Waals surface area contributed by atoms with Crippen LogP contribution in [-0.2, 0) is 11.3 Å². The highest BCUT2D eigenvalue weighted by Gasteiger charge is 2.19. The van der Waals surface area contributed by atoms with Crippen LogP contribution in [0, 0.1) is 19.7 Å². The van der Waals surface area contributed by atoms with Crippen molar-refractivity contribution in [2.75, 3.05) is 19.9 Å². The van der Waals surface area contributed by atoms with E-state index in [9.17, 15) is 14.0 Å². The molecule has 0 aliphatic rings. The molecule has 180 valence electrons. The minimum atomic E-state index is -0.474. The van der Waals surface area contributed by atoms with Crippen LogP contribution in [0.4, 0.5) is 4.39 Å². The number of carbonyl (C=O) groups is 1. The van der Waals surface area contributed by atoms with Crippen molar-refractivity contribution in [2.24, 2.45) is 0 Å². The van der Waals surface area contributed by atoms with Crippen LogP contribution in [0.1, 0.15) is 16.7 Å². The van der Waals surface area contributed by atoms with Gasteiger partial charge in [0.05, 0.1) is 29.5 Å². The monoisotopic (exact) mass is 491 g/mol. The number of methoxy groups -OCH3 is 1. The van der Waals surface area contributed by atoms with Crippen molar-refractivity contribution in [1.29, 1.82) is 0 Å². The summed E-state index contributed by atoms with van der Waals surface area (Å²) in [6.07, 6.45) is 0. The summed E-state index contributed by atoms with van der Waals surface area (Å²) >= 11 is 1.21. The average molecular weight is 492 g/mol. The van der Waals surface area contributed by atoms with Gasteiger partial charge in [-0.2, -0.15) is 0 Å². The van der Waals surface area contributed by atoms with Crippen LogP contribution >= 0.6 is 11.8 Å². The Morgan fingerprint density at radius 1 is 1.09 bits per heavy atom. The zero-order valence-electron chi connectivity index (χ0n) is 20.0. The lowest BCUT2D eigenvalue weighted by Gasteiger charge is -2.19. The molecule has 4 aromatic rings. The van der Waals surface area contributed by atoms with E-state index in [0.29, 0.717) is 21.6 Å². The first-order chi connectivity index (χ1) is 16.8. The Morgan fingerprint density at radius 3 is 2.49 bits per heavy atom. The van der Waals surface area contributed by atoms with Crippen molar-refractivity contribution in [3.8, 4) is 11.4 Å². The average Bonchev–Trinajstić information content (AvgIpc) is 2.84. The lowest BCUT2D eigenvalue weighted by atomic mass is 10.1. The van der Waals surface area contributed by atoms with Gasteiger partial charge >= 0.3 is 0 Å². The van der Waals surface area contributed by atoms with E-state index in [-0.39, 0.29) is 29.5 Å². The highest BCUT2D eigenvalue weighted by molar-refractivity contribution is 7.99. The van der Waals surface area contributed by atoms with Crippen LogP contribution in [0.5, 0.6) is 5.75 Å². The molecule has 0 unspecified atom stereocenters. The van der Waals surface area contributed by atoms with E-state index in [1.165, 1.54) is 29.8 Å². The zero-order valence-corrected chi connectivity index (χ0v) is 20.9. The Bertz CT molecular complexity index is 1450. The Hall–Kier alpha value is -3.65. The maximum atomic E-state index is 14.0. The van der Waals surface area contributed by atoms with Crippen molar-refractivity contribution in [3.05, 3.63) is 93.5 Å². The third-order valence-electron chi connectivity index (χ3n) is 5.79. The number of benzene rings is 3. The van der Waals surface area contributed by atoms with Gasteiger partial charge in [-0.05, 0) is 54.8 Å². The van der Waals surface area contributed by atoms with E-state index in [1.54, 1.807) is 35.9 Å². The number of para-hydroxylation sites is 2. The molecule has 8 heteroatoms. The van der Waals surface area contributed by atoms with Gasteiger partial charge in [0, 0.05) is 13.6 Å². The maximum Gasteiger partial charge on any atom is 0.266 e. The molecule has 0 atom stereocenters. The van der Waals surface area contributed by atoms with E-state index in [4.69, 9.17) is 9.72 Å². The summed E-state index contributed by atoms with van der Waals surface area (Å²) in [5, 5.41) is 0.966. The fourth-order valence-corrected chi connectivity index (χ4v) is 4.91. The molecule has 0 saturated heterocycles. The quantitative estimate of drug-likeness (QED) is 0.272. The standard InChI is InChI=1S/C27H26FN3O3S/c1-17-8-7-9-18(2)25(17)31-26(33)20-10-5-6-11-22(20)29-27(31)35-16-24(32)30(3)15-19-12-13-23(34-4)21(28)14-19/h5-14H,15-16H2,1-4H3. The molecule has 0 saturated carbocycles. The number of amides is 1. The van der Waals surface area contributed by atoms with Gasteiger partial charge in [-0.15, -0.1) is 0 Å². The normalized spacial score (nSPS) is 11.0. The molecule has 0 spiro atoms. The number of aryl methyl sites for hydroxylation is 2. The molecule has 35 heavy (non-hydrogen) atoms. The highest BCUT2D eigenvalue weighted by Crippen LogP contribution is 2.26. The van der Waals surface area contributed by atoms with Crippen LogP contribution < -0.4 is 10.3 Å². The predicted molar refractivity (Wildman–Crippen MR) is 137 cm³/mol. The Labute approximate surface area is 207 Å². The van der Waals surface area contributed by atoms with Crippen LogP contribution in [0.2, 0.25) is 0 Å². The lowest BCUT2D eigenvalue weighted by molar-refractivity contribution is -0.127. The second kappa shape index (κ2) is 10.3. The molecular formula is C27H26FN3O3S. The molecule has 0 bridgehead atoms. The number of nitrogens with zero attached hydrogens (tertiary/aromatic N) is 3. The van der Waals surface area contributed by atoms with Gasteiger partial charge < -0.3 is 9.64 Å². The summed E-state index contributed by atoms with van der Waals surface area (Å²) in [6.45, 7) is 4.14. The first-order valence-electron chi connectivity index (χ1n) is 11.1. The summed E-state index contributed by atoms with van der Waals surface area (Å²) in [6, 6.07) is 17.7. The van der Waals surface area contributed by atoms with Gasteiger partial charge in [-0.25, -0.2) is 9.37 Å². The smallest absolute Gasteiger partial charge is 0.266 e. The number of thioether (sulfide) groups is 1. The third kappa shape index (κ3) is 5.07. The number of carbonyl (C=O) groups excluding carboxylic acids is 1. The van der Waals surface area contributed by atoms with E-state index >= 15 is 0 Å². The molecule has 4 rings (SSSR count). The number of rotatable bonds is 7. The summed E-state index contributed by atoms with van der Waals surface area (Å²) in [5.41, 5.74) is 3.71. The summed E-state index contributed by atoms with van der Waals surface area (Å²) in [5.74, 6) is -0.407. The zero-order chi connectivity index (χ0) is 25.1. The molecule has 0 fully saturated rings. The second-order valence-corrected chi connectivity index (χ2v) is 9.24. The van der Waals surface area contributed by atoms with Crippen LogP contribution in [0.3, 0.4) is 0 Å². The number of hydrogen-bond donors (Lipinski definition) is 0. The van der Waals surface area contributed by atoms with Crippen molar-refractivity contribution >= 4 is 28.6 Å². The van der Waals surface area contributed by atoms with Crippen LogP contribution in [-0.4, -0.2) is 40.3 Å². The molecule has 0 aliphatic heterocycles. The fourth-order valence-electron chi connectivity index (χ4n) is 3.97. The van der Waals surface area contributed by atoms with Gasteiger partial charge in [0.25, 0.3) is 5.56 Å². The lowest BCUT2D eigenvalue weighted by Crippen LogP contribution is -2.29. The molecule has 0 radical (unpaired) electrons. The first kappa shape index (κ1) is 24.5. The molecule has 1 heterocycles. The van der Waals surface area contributed by atoms with Crippen molar-refractivity contribution < 1.29 is 13.9 Å². The van der Waals surface area contributed by atoms with Crippen molar-refractivity contribution in [2.45, 2.75) is 25.5 Å². The molecule has 1 amide bonds. The number of ether oxygens (including phenoxy) is 1. The Balaban J connectivity index is 1.63. The molecule has 0 aliphatic carbocycles. The van der Waals surface area contributed by atoms with Gasteiger partial charge in [0.1, 0.15) is 0 Å². The minimum Gasteiger partial charge on any atom is -0.494 e. The third-order valence-corrected chi connectivity index (χ3v) is 6.72. The van der Waals surface area contributed by atoms with Gasteiger partial charge in [-0.1, -0.05) is 48.2 Å². The Morgan fingerprint density at radius 2 is 1.80 bits per heavy atom. The van der Waals surface area contributed by atoms with E-state index in [0.717, 1.165) is 16.8 Å². The SMILES string of the molecule is COc1ccc(CN(C)C(=O)CSc2nc3ccccc3c(=O)n2-c2c(C)cccc2C)cc1F. The van der Waals surface area contributed by atoms with Crippen LogP contribution in [0.25, 0.3) is 16.6 Å². The molecule has 3 aromatic carbocycles. The molecule has 1 aromatic heterocycles. The van der Waals surface area contributed by atoms with E-state index in [2.05, 4.69) is 0 Å². The van der Waals surface area contributed by atoms with Crippen molar-refractivity contribution in [1.82, 2.24) is 14.5 Å².